The molecule has 2 aromatic rings. The second kappa shape index (κ2) is 8.06. The molecule has 0 atom stereocenters. The molecule has 0 radical (unpaired) electrons. The monoisotopic (exact) mass is 340 g/mol. The van der Waals surface area contributed by atoms with Crippen LogP contribution in [0.4, 0.5) is 10.5 Å². The number of hydrogen-bond donors (Lipinski definition) is 1. The Morgan fingerprint density at radius 1 is 1.12 bits per heavy atom. The highest BCUT2D eigenvalue weighted by Crippen LogP contribution is 2.28. The van der Waals surface area contributed by atoms with Crippen molar-refractivity contribution in [3.63, 3.8) is 0 Å². The Hall–Kier alpha value is -2.49. The zero-order valence-electron chi connectivity index (χ0n) is 16.1. The van der Waals surface area contributed by atoms with Gasteiger partial charge < -0.3 is 10.1 Å². The molecule has 0 saturated carbocycles. The average Bonchev–Trinajstić information content (AvgIpc) is 2.61. The molecule has 2 amide bonds. The molecule has 134 valence electrons. The van der Waals surface area contributed by atoms with E-state index in [0.29, 0.717) is 6.61 Å². The van der Waals surface area contributed by atoms with Crippen LogP contribution < -0.4 is 15.0 Å². The number of carbonyl (C=O) groups excluding carboxylic acids is 1. The van der Waals surface area contributed by atoms with Crippen LogP contribution in [-0.2, 0) is 13.0 Å². The summed E-state index contributed by atoms with van der Waals surface area (Å²) in [6.45, 7) is 8.82. The molecule has 0 unspecified atom stereocenters. The van der Waals surface area contributed by atoms with Crippen LogP contribution in [0.3, 0.4) is 0 Å². The zero-order chi connectivity index (χ0) is 18.6. The lowest BCUT2D eigenvalue weighted by atomic mass is 10.0. The topological polar surface area (TPSA) is 41.6 Å². The number of carbonyl (C=O) groups is 1. The zero-order valence-corrected chi connectivity index (χ0v) is 16.1. The average molecular weight is 340 g/mol. The van der Waals surface area contributed by atoms with Crippen LogP contribution in [0.1, 0.15) is 34.7 Å². The van der Waals surface area contributed by atoms with Gasteiger partial charge in [-0.2, -0.15) is 0 Å². The molecule has 0 fully saturated rings. The lowest BCUT2D eigenvalue weighted by molar-refractivity contribution is 0.249. The number of benzene rings is 2. The van der Waals surface area contributed by atoms with Gasteiger partial charge >= 0.3 is 6.03 Å². The van der Waals surface area contributed by atoms with Gasteiger partial charge in [-0.1, -0.05) is 25.1 Å². The Kier molecular flexibility index (Phi) is 6.07. The van der Waals surface area contributed by atoms with Crippen molar-refractivity contribution in [3.05, 3.63) is 58.1 Å². The van der Waals surface area contributed by atoms with Crippen molar-refractivity contribution in [2.45, 2.75) is 40.7 Å². The summed E-state index contributed by atoms with van der Waals surface area (Å²) >= 11 is 0. The highest BCUT2D eigenvalue weighted by atomic mass is 16.5. The fourth-order valence-corrected chi connectivity index (χ4v) is 3.00. The third kappa shape index (κ3) is 4.13. The Bertz CT molecular complexity index is 769. The second-order valence-corrected chi connectivity index (χ2v) is 6.37. The summed E-state index contributed by atoms with van der Waals surface area (Å²) < 4.78 is 6.13. The third-order valence-electron chi connectivity index (χ3n) is 4.65. The van der Waals surface area contributed by atoms with E-state index in [1.807, 2.05) is 25.1 Å². The molecule has 4 heteroatoms. The molecule has 4 nitrogen and oxygen atoms in total. The van der Waals surface area contributed by atoms with Crippen LogP contribution in [0.25, 0.3) is 0 Å². The molecule has 1 N–H and O–H groups in total. The maximum absolute atomic E-state index is 12.0. The maximum atomic E-state index is 12.0. The van der Waals surface area contributed by atoms with E-state index in [1.54, 1.807) is 19.0 Å². The number of aryl methyl sites for hydroxylation is 4. The summed E-state index contributed by atoms with van der Waals surface area (Å²) in [5.41, 5.74) is 6.71. The lowest BCUT2D eigenvalue weighted by Gasteiger charge is -2.22. The Balaban J connectivity index is 2.30. The van der Waals surface area contributed by atoms with Gasteiger partial charge in [0, 0.05) is 19.7 Å². The van der Waals surface area contributed by atoms with Crippen LogP contribution in [0.15, 0.2) is 30.3 Å². The Labute approximate surface area is 150 Å². The number of nitrogens with zero attached hydrogens (tertiary/aromatic N) is 1. The molecule has 2 rings (SSSR count). The van der Waals surface area contributed by atoms with Gasteiger partial charge in [0.1, 0.15) is 12.4 Å². The molecular weight excluding hydrogens is 312 g/mol. The van der Waals surface area contributed by atoms with Gasteiger partial charge in [0.2, 0.25) is 0 Å². The van der Waals surface area contributed by atoms with Crippen molar-refractivity contribution < 1.29 is 9.53 Å². The minimum atomic E-state index is -0.147. The molecule has 25 heavy (non-hydrogen) atoms. The fraction of sp³-hybridized carbons (Fsp3) is 0.381. The molecule has 0 bridgehead atoms. The predicted molar refractivity (Wildman–Crippen MR) is 104 cm³/mol. The number of ether oxygens (including phenoxy) is 1. The summed E-state index contributed by atoms with van der Waals surface area (Å²) in [5, 5.41) is 2.66. The van der Waals surface area contributed by atoms with Gasteiger partial charge in [-0.05, 0) is 61.6 Å². The van der Waals surface area contributed by atoms with Crippen molar-refractivity contribution in [2.24, 2.45) is 0 Å². The summed E-state index contributed by atoms with van der Waals surface area (Å²) in [4.78, 5) is 13.6. The predicted octanol–water partition coefficient (Wildman–Crippen LogP) is 4.53. The molecule has 2 aromatic carbocycles. The molecular formula is C21H28N2O2. The van der Waals surface area contributed by atoms with E-state index in [1.165, 1.54) is 11.1 Å². The normalized spacial score (nSPS) is 10.5. The molecule has 0 heterocycles. The molecule has 0 aliphatic heterocycles. The largest absolute Gasteiger partial charge is 0.489 e. The van der Waals surface area contributed by atoms with E-state index in [0.717, 1.165) is 34.5 Å². The van der Waals surface area contributed by atoms with E-state index in [4.69, 9.17) is 4.74 Å². The number of nitrogens with one attached hydrogen (secondary N) is 1. The van der Waals surface area contributed by atoms with Gasteiger partial charge in [-0.15, -0.1) is 0 Å². The smallest absolute Gasteiger partial charge is 0.321 e. The first kappa shape index (κ1) is 18.8. The molecule has 0 spiro atoms. The number of anilines is 1. The molecule has 0 aromatic heterocycles. The third-order valence-corrected chi connectivity index (χ3v) is 4.65. The van der Waals surface area contributed by atoms with Gasteiger partial charge in [-0.25, -0.2) is 4.79 Å². The van der Waals surface area contributed by atoms with Gasteiger partial charge in [0.15, 0.2) is 0 Å². The van der Waals surface area contributed by atoms with E-state index in [9.17, 15) is 4.79 Å². The molecule has 0 saturated heterocycles. The van der Waals surface area contributed by atoms with E-state index in [2.05, 4.69) is 38.2 Å². The van der Waals surface area contributed by atoms with Crippen molar-refractivity contribution >= 4 is 11.7 Å². The van der Waals surface area contributed by atoms with E-state index in [-0.39, 0.29) is 6.03 Å². The highest BCUT2D eigenvalue weighted by Gasteiger charge is 2.15. The number of rotatable bonds is 5. The minimum Gasteiger partial charge on any atom is -0.489 e. The highest BCUT2D eigenvalue weighted by molar-refractivity contribution is 5.92. The number of hydrogen-bond acceptors (Lipinski definition) is 2. The Morgan fingerprint density at radius 3 is 2.48 bits per heavy atom. The SMILES string of the molecule is CCc1cc(C)c(OCc2c(C)cccc2N(C)C(=O)NC)cc1C. The summed E-state index contributed by atoms with van der Waals surface area (Å²) in [6, 6.07) is 10.1. The van der Waals surface area contributed by atoms with Gasteiger partial charge in [-0.3, -0.25) is 4.90 Å². The first-order valence-electron chi connectivity index (χ1n) is 8.65. The second-order valence-electron chi connectivity index (χ2n) is 6.37. The standard InChI is InChI=1S/C21H28N2O2/c1-7-17-11-16(4)20(12-15(17)3)25-13-18-14(2)9-8-10-19(18)23(6)21(24)22-5/h8-12H,7,13H2,1-6H3,(H,22,24). The van der Waals surface area contributed by atoms with Crippen LogP contribution in [0.2, 0.25) is 0 Å². The molecule has 0 aliphatic carbocycles. The summed E-state index contributed by atoms with van der Waals surface area (Å²) in [5.74, 6) is 0.895. The minimum absolute atomic E-state index is 0.147. The molecule has 0 aliphatic rings. The van der Waals surface area contributed by atoms with Gasteiger partial charge in [0.05, 0.1) is 5.69 Å². The lowest BCUT2D eigenvalue weighted by Crippen LogP contribution is -2.35. The first-order valence-corrected chi connectivity index (χ1v) is 8.65. The van der Waals surface area contributed by atoms with Crippen molar-refractivity contribution in [2.75, 3.05) is 19.0 Å². The van der Waals surface area contributed by atoms with Crippen LogP contribution in [0, 0.1) is 20.8 Å². The van der Waals surface area contributed by atoms with Gasteiger partial charge in [0.25, 0.3) is 0 Å². The quantitative estimate of drug-likeness (QED) is 0.869. The fourth-order valence-electron chi connectivity index (χ4n) is 3.00. The number of amides is 2. The Morgan fingerprint density at radius 2 is 1.84 bits per heavy atom. The van der Waals surface area contributed by atoms with Crippen LogP contribution in [0.5, 0.6) is 5.75 Å². The van der Waals surface area contributed by atoms with Crippen molar-refractivity contribution in [1.82, 2.24) is 5.32 Å². The maximum Gasteiger partial charge on any atom is 0.321 e. The van der Waals surface area contributed by atoms with Crippen molar-refractivity contribution in [3.8, 4) is 5.75 Å². The number of urea groups is 1. The van der Waals surface area contributed by atoms with E-state index < -0.39 is 0 Å². The summed E-state index contributed by atoms with van der Waals surface area (Å²) in [7, 11) is 3.40. The van der Waals surface area contributed by atoms with Crippen molar-refractivity contribution in [1.29, 1.82) is 0 Å². The van der Waals surface area contributed by atoms with E-state index >= 15 is 0 Å². The van der Waals surface area contributed by atoms with Crippen LogP contribution >= 0.6 is 0 Å². The van der Waals surface area contributed by atoms with Crippen LogP contribution in [-0.4, -0.2) is 20.1 Å². The summed E-state index contributed by atoms with van der Waals surface area (Å²) in [6.07, 6.45) is 1.02. The first-order chi connectivity index (χ1) is 11.9.